The summed E-state index contributed by atoms with van der Waals surface area (Å²) in [6.45, 7) is -0.191. The summed E-state index contributed by atoms with van der Waals surface area (Å²) >= 11 is 0. The lowest BCUT2D eigenvalue weighted by Crippen LogP contribution is -2.35. The van der Waals surface area contributed by atoms with Crippen LogP contribution in [0.25, 0.3) is 11.2 Å². The third kappa shape index (κ3) is 1.84. The van der Waals surface area contributed by atoms with Crippen LogP contribution in [0.1, 0.15) is 19.1 Å². The fourth-order valence-electron chi connectivity index (χ4n) is 2.32. The van der Waals surface area contributed by atoms with Crippen molar-refractivity contribution in [1.29, 1.82) is 0 Å². The van der Waals surface area contributed by atoms with Gasteiger partial charge in [0.25, 0.3) is 0 Å². The molecule has 3 N–H and O–H groups in total. The summed E-state index contributed by atoms with van der Waals surface area (Å²) in [4.78, 5) is 12.3. The molecule has 3 rings (SSSR count). The highest BCUT2D eigenvalue weighted by Gasteiger charge is 2.41. The number of hydrogen-bond acceptors (Lipinski definition) is 7. The Bertz CT molecular complexity index is 595. The van der Waals surface area contributed by atoms with Crippen LogP contribution in [0.5, 0.6) is 0 Å². The third-order valence-electron chi connectivity index (χ3n) is 3.43. The molecule has 0 saturated carbocycles. The Balaban J connectivity index is 1.96. The summed E-state index contributed by atoms with van der Waals surface area (Å²) < 4.78 is 12.8. The van der Waals surface area contributed by atoms with E-state index in [1.807, 2.05) is 0 Å². The number of ether oxygens (including phenoxy) is 2. The van der Waals surface area contributed by atoms with Crippen LogP contribution in [0.4, 0.5) is 5.82 Å². The molecule has 1 aliphatic rings. The molecule has 0 bridgehead atoms. The molecule has 1 aliphatic heterocycles. The first-order valence-corrected chi connectivity index (χ1v) is 5.96. The molecule has 19 heavy (non-hydrogen) atoms. The molecule has 2 aromatic heterocycles. The van der Waals surface area contributed by atoms with E-state index in [1.54, 1.807) is 10.9 Å². The molecule has 0 spiro atoms. The van der Waals surface area contributed by atoms with Crippen molar-refractivity contribution < 1.29 is 14.6 Å². The van der Waals surface area contributed by atoms with Crippen LogP contribution in [-0.4, -0.2) is 44.1 Å². The summed E-state index contributed by atoms with van der Waals surface area (Å²) in [5.74, 6) is -0.610. The van der Waals surface area contributed by atoms with Crippen molar-refractivity contribution in [3.05, 3.63) is 12.7 Å². The fourth-order valence-corrected chi connectivity index (χ4v) is 2.32. The number of aromatic nitrogens is 4. The molecule has 1 fully saturated rings. The van der Waals surface area contributed by atoms with E-state index < -0.39 is 5.79 Å². The molecule has 2 aromatic rings. The predicted octanol–water partition coefficient (Wildman–Crippen LogP) is 0.0525. The van der Waals surface area contributed by atoms with E-state index in [1.165, 1.54) is 13.4 Å². The fraction of sp³-hybridized carbons (Fsp3) is 0.545. The molecular formula is C11H15N5O3. The van der Waals surface area contributed by atoms with Gasteiger partial charge in [0.05, 0.1) is 12.9 Å². The number of hydrogen-bond donors (Lipinski definition) is 2. The predicted molar refractivity (Wildman–Crippen MR) is 65.9 cm³/mol. The van der Waals surface area contributed by atoms with Crippen LogP contribution >= 0.6 is 0 Å². The first kappa shape index (κ1) is 12.3. The van der Waals surface area contributed by atoms with Gasteiger partial charge in [-0.3, -0.25) is 4.57 Å². The normalized spacial score (nSPS) is 27.2. The number of rotatable bonds is 3. The number of aliphatic hydroxyl groups excluding tert-OH is 1. The Morgan fingerprint density at radius 1 is 1.58 bits per heavy atom. The molecule has 1 saturated heterocycles. The Morgan fingerprint density at radius 3 is 3.11 bits per heavy atom. The molecule has 8 heteroatoms. The second kappa shape index (κ2) is 4.41. The van der Waals surface area contributed by atoms with Gasteiger partial charge in [-0.15, -0.1) is 0 Å². The zero-order valence-electron chi connectivity index (χ0n) is 10.5. The number of fused-ring (bicyclic) bond motifs is 1. The van der Waals surface area contributed by atoms with Crippen molar-refractivity contribution in [2.45, 2.75) is 24.9 Å². The van der Waals surface area contributed by atoms with Crippen LogP contribution in [-0.2, 0) is 9.47 Å². The lowest BCUT2D eigenvalue weighted by Gasteiger charge is -2.25. The lowest BCUT2D eigenvalue weighted by atomic mass is 10.2. The standard InChI is InChI=1S/C11H15N5O3/c1-18-11(4-17)3-2-7(19-11)16-6-15-8-9(12)13-5-14-10(8)16/h5-7,17H,2-4H2,1H3,(H2,12,13,14)/t7-,11+/m1/s1. The Kier molecular flexibility index (Phi) is 2.85. The third-order valence-corrected chi connectivity index (χ3v) is 3.43. The van der Waals surface area contributed by atoms with E-state index in [-0.39, 0.29) is 12.8 Å². The second-order valence-electron chi connectivity index (χ2n) is 4.47. The van der Waals surface area contributed by atoms with E-state index >= 15 is 0 Å². The highest BCUT2D eigenvalue weighted by atomic mass is 16.7. The highest BCUT2D eigenvalue weighted by molar-refractivity contribution is 5.81. The van der Waals surface area contributed by atoms with Crippen LogP contribution in [0.2, 0.25) is 0 Å². The molecule has 0 unspecified atom stereocenters. The number of anilines is 1. The van der Waals surface area contributed by atoms with E-state index in [2.05, 4.69) is 15.0 Å². The van der Waals surface area contributed by atoms with Gasteiger partial charge >= 0.3 is 0 Å². The van der Waals surface area contributed by atoms with Crippen molar-refractivity contribution in [3.63, 3.8) is 0 Å². The van der Waals surface area contributed by atoms with E-state index in [4.69, 9.17) is 15.2 Å². The van der Waals surface area contributed by atoms with Gasteiger partial charge in [0, 0.05) is 13.5 Å². The minimum atomic E-state index is -0.945. The van der Waals surface area contributed by atoms with Crippen molar-refractivity contribution >= 4 is 17.0 Å². The monoisotopic (exact) mass is 265 g/mol. The lowest BCUT2D eigenvalue weighted by molar-refractivity contribution is -0.241. The van der Waals surface area contributed by atoms with Gasteiger partial charge < -0.3 is 20.3 Å². The molecule has 0 aliphatic carbocycles. The van der Waals surface area contributed by atoms with E-state index in [9.17, 15) is 5.11 Å². The molecule has 0 aromatic carbocycles. The maximum Gasteiger partial charge on any atom is 0.193 e. The number of imidazole rings is 1. The summed E-state index contributed by atoms with van der Waals surface area (Å²) in [6, 6.07) is 0. The minimum absolute atomic E-state index is 0.191. The quantitative estimate of drug-likeness (QED) is 0.807. The highest BCUT2D eigenvalue weighted by Crippen LogP contribution is 2.37. The molecule has 3 heterocycles. The SMILES string of the molecule is CO[C@@]1(CO)CC[C@H](n2cnc3c(N)ncnc32)O1. The molecule has 2 atom stereocenters. The van der Waals surface area contributed by atoms with Gasteiger partial charge in [0.15, 0.2) is 17.3 Å². The number of nitrogens with zero attached hydrogens (tertiary/aromatic N) is 4. The Morgan fingerprint density at radius 2 is 2.42 bits per heavy atom. The van der Waals surface area contributed by atoms with Crippen LogP contribution in [0, 0.1) is 0 Å². The van der Waals surface area contributed by atoms with Gasteiger partial charge in [-0.05, 0) is 6.42 Å². The first-order chi connectivity index (χ1) is 9.19. The van der Waals surface area contributed by atoms with Crippen LogP contribution in [0.15, 0.2) is 12.7 Å². The van der Waals surface area contributed by atoms with Crippen molar-refractivity contribution in [1.82, 2.24) is 19.5 Å². The zero-order valence-corrected chi connectivity index (χ0v) is 10.5. The summed E-state index contributed by atoms with van der Waals surface area (Å²) in [7, 11) is 1.52. The summed E-state index contributed by atoms with van der Waals surface area (Å²) in [6.07, 6.45) is 4.02. The molecule has 8 nitrogen and oxygen atoms in total. The molecule has 102 valence electrons. The average molecular weight is 265 g/mol. The van der Waals surface area contributed by atoms with Gasteiger partial charge in [-0.25, -0.2) is 15.0 Å². The van der Waals surface area contributed by atoms with Crippen LogP contribution < -0.4 is 5.73 Å². The molecule has 0 radical (unpaired) electrons. The topological polar surface area (TPSA) is 108 Å². The van der Waals surface area contributed by atoms with Crippen molar-refractivity contribution in [2.24, 2.45) is 0 Å². The average Bonchev–Trinajstić information content (AvgIpc) is 3.03. The second-order valence-corrected chi connectivity index (χ2v) is 4.47. The Labute approximate surface area is 109 Å². The number of nitrogens with two attached hydrogens (primary N) is 1. The van der Waals surface area contributed by atoms with Gasteiger partial charge in [-0.1, -0.05) is 0 Å². The van der Waals surface area contributed by atoms with Crippen molar-refractivity contribution in [2.75, 3.05) is 19.5 Å². The van der Waals surface area contributed by atoms with Gasteiger partial charge in [-0.2, -0.15) is 0 Å². The number of aliphatic hydroxyl groups is 1. The maximum absolute atomic E-state index is 9.37. The minimum Gasteiger partial charge on any atom is -0.391 e. The molecule has 0 amide bonds. The Hall–Kier alpha value is -1.77. The maximum atomic E-state index is 9.37. The van der Waals surface area contributed by atoms with E-state index in [0.717, 1.165) is 0 Å². The van der Waals surface area contributed by atoms with E-state index in [0.29, 0.717) is 29.8 Å². The summed E-state index contributed by atoms with van der Waals surface area (Å²) in [5.41, 5.74) is 6.90. The smallest absolute Gasteiger partial charge is 0.193 e. The largest absolute Gasteiger partial charge is 0.391 e. The van der Waals surface area contributed by atoms with Gasteiger partial charge in [0.1, 0.15) is 18.1 Å². The van der Waals surface area contributed by atoms with Crippen LogP contribution in [0.3, 0.4) is 0 Å². The molecular weight excluding hydrogens is 250 g/mol. The van der Waals surface area contributed by atoms with Crippen molar-refractivity contribution in [3.8, 4) is 0 Å². The zero-order chi connectivity index (χ0) is 13.5. The number of methoxy groups -OCH3 is 1. The summed E-state index contributed by atoms with van der Waals surface area (Å²) in [5, 5.41) is 9.37. The van der Waals surface area contributed by atoms with Gasteiger partial charge in [0.2, 0.25) is 0 Å². The first-order valence-electron chi connectivity index (χ1n) is 5.96. The number of nitrogen functional groups attached to an aromatic ring is 1.